The predicted octanol–water partition coefficient (Wildman–Crippen LogP) is 1.71. The maximum Gasteiger partial charge on any atom is 0.343 e. The van der Waals surface area contributed by atoms with Crippen molar-refractivity contribution in [3.63, 3.8) is 0 Å². The Balaban J connectivity index is 2.63. The highest BCUT2D eigenvalue weighted by atomic mass is 79.9. The second kappa shape index (κ2) is 4.85. The van der Waals surface area contributed by atoms with Crippen molar-refractivity contribution in [3.05, 3.63) is 22.7 Å². The summed E-state index contributed by atoms with van der Waals surface area (Å²) in [5, 5.41) is 9.08. The fourth-order valence-corrected chi connectivity index (χ4v) is 1.28. The molecule has 1 aromatic carbocycles. The van der Waals surface area contributed by atoms with Crippen LogP contribution < -0.4 is 4.74 Å². The largest absolute Gasteiger partial charge is 0.508 e. The number of halogens is 1. The van der Waals surface area contributed by atoms with Gasteiger partial charge in [-0.1, -0.05) is 0 Å². The fourth-order valence-electron chi connectivity index (χ4n) is 0.802. The summed E-state index contributed by atoms with van der Waals surface area (Å²) in [4.78, 5) is 10.8. The van der Waals surface area contributed by atoms with Crippen molar-refractivity contribution < 1.29 is 19.4 Å². The molecular weight excluding hydrogens is 252 g/mol. The van der Waals surface area contributed by atoms with Gasteiger partial charge in [0.15, 0.2) is 6.61 Å². The third-order valence-corrected chi connectivity index (χ3v) is 2.11. The number of methoxy groups -OCH3 is 1. The summed E-state index contributed by atoms with van der Waals surface area (Å²) < 4.78 is 10.1. The number of carbonyl (C=O) groups is 1. The normalized spacial score (nSPS) is 9.57. The monoisotopic (exact) mass is 260 g/mol. The van der Waals surface area contributed by atoms with Crippen LogP contribution in [-0.4, -0.2) is 24.8 Å². The molecule has 0 atom stereocenters. The maximum absolute atomic E-state index is 10.8. The Morgan fingerprint density at radius 1 is 1.57 bits per heavy atom. The molecule has 0 saturated heterocycles. The van der Waals surface area contributed by atoms with Gasteiger partial charge in [0.25, 0.3) is 0 Å². The zero-order valence-electron chi connectivity index (χ0n) is 7.49. The van der Waals surface area contributed by atoms with Crippen molar-refractivity contribution in [2.75, 3.05) is 13.7 Å². The molecule has 1 aromatic rings. The van der Waals surface area contributed by atoms with E-state index in [1.54, 1.807) is 6.07 Å². The molecular formula is C9H9BrO4. The van der Waals surface area contributed by atoms with E-state index >= 15 is 0 Å². The lowest BCUT2D eigenvalue weighted by atomic mass is 10.3. The van der Waals surface area contributed by atoms with E-state index in [1.807, 2.05) is 0 Å². The predicted molar refractivity (Wildman–Crippen MR) is 53.3 cm³/mol. The summed E-state index contributed by atoms with van der Waals surface area (Å²) >= 11 is 3.18. The standard InChI is InChI=1S/C9H9BrO4/c1-13-9(12)5-14-8-3-2-6(11)4-7(8)10/h2-4,11H,5H2,1H3. The number of phenolic OH excluding ortho intramolecular Hbond substituents is 1. The maximum atomic E-state index is 10.8. The number of carbonyl (C=O) groups excluding carboxylic acids is 1. The van der Waals surface area contributed by atoms with Gasteiger partial charge in [0, 0.05) is 0 Å². The Hall–Kier alpha value is -1.23. The van der Waals surface area contributed by atoms with Crippen LogP contribution in [0.5, 0.6) is 11.5 Å². The lowest BCUT2D eigenvalue weighted by Crippen LogP contribution is -2.12. The summed E-state index contributed by atoms with van der Waals surface area (Å²) in [6.45, 7) is -0.153. The molecule has 0 bridgehead atoms. The molecule has 0 unspecified atom stereocenters. The third-order valence-electron chi connectivity index (χ3n) is 1.49. The molecule has 5 heteroatoms. The van der Waals surface area contributed by atoms with Crippen molar-refractivity contribution >= 4 is 21.9 Å². The van der Waals surface area contributed by atoms with Crippen LogP contribution in [0, 0.1) is 0 Å². The van der Waals surface area contributed by atoms with Gasteiger partial charge < -0.3 is 14.6 Å². The van der Waals surface area contributed by atoms with E-state index in [0.29, 0.717) is 10.2 Å². The Morgan fingerprint density at radius 3 is 2.86 bits per heavy atom. The van der Waals surface area contributed by atoms with Gasteiger partial charge in [-0.25, -0.2) is 4.79 Å². The molecule has 1 N–H and O–H groups in total. The van der Waals surface area contributed by atoms with Gasteiger partial charge in [-0.2, -0.15) is 0 Å². The number of esters is 1. The summed E-state index contributed by atoms with van der Waals surface area (Å²) in [6.07, 6.45) is 0. The molecule has 0 spiro atoms. The number of benzene rings is 1. The topological polar surface area (TPSA) is 55.8 Å². The van der Waals surface area contributed by atoms with Crippen LogP contribution in [-0.2, 0) is 9.53 Å². The Kier molecular flexibility index (Phi) is 3.76. The second-order valence-corrected chi connectivity index (χ2v) is 3.33. The van der Waals surface area contributed by atoms with E-state index in [-0.39, 0.29) is 12.4 Å². The van der Waals surface area contributed by atoms with Gasteiger partial charge in [-0.15, -0.1) is 0 Å². The van der Waals surface area contributed by atoms with E-state index in [0.717, 1.165) is 0 Å². The van der Waals surface area contributed by atoms with Crippen molar-refractivity contribution in [2.24, 2.45) is 0 Å². The number of rotatable bonds is 3. The first-order chi connectivity index (χ1) is 6.63. The Labute approximate surface area is 89.6 Å². The highest BCUT2D eigenvalue weighted by molar-refractivity contribution is 9.10. The van der Waals surface area contributed by atoms with Crippen LogP contribution in [0.1, 0.15) is 0 Å². The first kappa shape index (κ1) is 10.8. The van der Waals surface area contributed by atoms with Crippen LogP contribution in [0.4, 0.5) is 0 Å². The van der Waals surface area contributed by atoms with Crippen LogP contribution in [0.15, 0.2) is 22.7 Å². The minimum atomic E-state index is -0.454. The lowest BCUT2D eigenvalue weighted by molar-refractivity contribution is -0.142. The molecule has 0 aliphatic heterocycles. The first-order valence-corrected chi connectivity index (χ1v) is 4.61. The van der Waals surface area contributed by atoms with Gasteiger partial charge in [0.05, 0.1) is 11.6 Å². The van der Waals surface area contributed by atoms with E-state index in [2.05, 4.69) is 20.7 Å². The molecule has 0 aliphatic carbocycles. The van der Waals surface area contributed by atoms with Crippen molar-refractivity contribution in [1.82, 2.24) is 0 Å². The molecule has 1 rings (SSSR count). The molecule has 0 fully saturated rings. The molecule has 14 heavy (non-hydrogen) atoms. The van der Waals surface area contributed by atoms with Crippen molar-refractivity contribution in [2.45, 2.75) is 0 Å². The van der Waals surface area contributed by atoms with Gasteiger partial charge in [-0.3, -0.25) is 0 Å². The summed E-state index contributed by atoms with van der Waals surface area (Å²) in [6, 6.07) is 4.51. The number of aromatic hydroxyl groups is 1. The molecule has 0 aliphatic rings. The van der Waals surface area contributed by atoms with Gasteiger partial charge in [0.2, 0.25) is 0 Å². The highest BCUT2D eigenvalue weighted by Crippen LogP contribution is 2.28. The third kappa shape index (κ3) is 2.92. The van der Waals surface area contributed by atoms with Crippen LogP contribution in [0.3, 0.4) is 0 Å². The molecule has 0 aromatic heterocycles. The highest BCUT2D eigenvalue weighted by Gasteiger charge is 2.05. The summed E-state index contributed by atoms with van der Waals surface area (Å²) in [5.41, 5.74) is 0. The smallest absolute Gasteiger partial charge is 0.343 e. The van der Waals surface area contributed by atoms with Crippen LogP contribution in [0.25, 0.3) is 0 Å². The van der Waals surface area contributed by atoms with Crippen molar-refractivity contribution in [3.8, 4) is 11.5 Å². The zero-order valence-corrected chi connectivity index (χ0v) is 9.08. The van der Waals surface area contributed by atoms with E-state index in [4.69, 9.17) is 9.84 Å². The zero-order chi connectivity index (χ0) is 10.6. The number of hydrogen-bond donors (Lipinski definition) is 1. The lowest BCUT2D eigenvalue weighted by Gasteiger charge is -2.06. The van der Waals surface area contributed by atoms with Gasteiger partial charge in [-0.05, 0) is 34.1 Å². The fraction of sp³-hybridized carbons (Fsp3) is 0.222. The molecule has 76 valence electrons. The number of phenols is 1. The average molecular weight is 261 g/mol. The number of ether oxygens (including phenoxy) is 2. The molecule has 0 radical (unpaired) electrons. The molecule has 0 heterocycles. The first-order valence-electron chi connectivity index (χ1n) is 3.81. The quantitative estimate of drug-likeness (QED) is 0.841. The Morgan fingerprint density at radius 2 is 2.29 bits per heavy atom. The van der Waals surface area contributed by atoms with E-state index < -0.39 is 5.97 Å². The van der Waals surface area contributed by atoms with Gasteiger partial charge in [0.1, 0.15) is 11.5 Å². The summed E-state index contributed by atoms with van der Waals surface area (Å²) in [7, 11) is 1.29. The average Bonchev–Trinajstić information content (AvgIpc) is 2.16. The van der Waals surface area contributed by atoms with E-state index in [9.17, 15) is 4.79 Å². The van der Waals surface area contributed by atoms with Crippen LogP contribution >= 0.6 is 15.9 Å². The Bertz CT molecular complexity index is 338. The van der Waals surface area contributed by atoms with E-state index in [1.165, 1.54) is 19.2 Å². The van der Waals surface area contributed by atoms with Gasteiger partial charge >= 0.3 is 5.97 Å². The van der Waals surface area contributed by atoms with Crippen molar-refractivity contribution in [1.29, 1.82) is 0 Å². The number of hydrogen-bond acceptors (Lipinski definition) is 4. The summed E-state index contributed by atoms with van der Waals surface area (Å²) in [5.74, 6) is 0.153. The molecule has 4 nitrogen and oxygen atoms in total. The molecule has 0 amide bonds. The minimum absolute atomic E-state index is 0.127. The molecule has 0 saturated carbocycles. The minimum Gasteiger partial charge on any atom is -0.508 e. The SMILES string of the molecule is COC(=O)COc1ccc(O)cc1Br. The second-order valence-electron chi connectivity index (χ2n) is 2.48. The van der Waals surface area contributed by atoms with Crippen LogP contribution in [0.2, 0.25) is 0 Å².